The topological polar surface area (TPSA) is 119 Å². The Hall–Kier alpha value is -2.33. The summed E-state index contributed by atoms with van der Waals surface area (Å²) < 4.78 is 4.68. The van der Waals surface area contributed by atoms with Crippen LogP contribution in [0.15, 0.2) is 24.3 Å². The highest BCUT2D eigenvalue weighted by atomic mass is 32.2. The van der Waals surface area contributed by atoms with Crippen molar-refractivity contribution in [1.82, 2.24) is 10.6 Å². The summed E-state index contributed by atoms with van der Waals surface area (Å²) in [6.45, 7) is 8.82. The van der Waals surface area contributed by atoms with Gasteiger partial charge in [-0.15, -0.1) is 0 Å². The number of methoxy groups -OCH3 is 1. The molecular weight excluding hydrogens is 500 g/mol. The molecule has 200 valence electrons. The SMILES string of the molecule is COC(=O)C(CCSC(=O)C(CCSC(=O)C(C)c1ccc(CC(C)C)cc1)NC(C)=O)NC(C)=O. The third-order valence-corrected chi connectivity index (χ3v) is 7.39. The summed E-state index contributed by atoms with van der Waals surface area (Å²) in [6.07, 6.45) is 1.49. The average Bonchev–Trinajstić information content (AvgIpc) is 2.81. The summed E-state index contributed by atoms with van der Waals surface area (Å²) in [5.41, 5.74) is 2.19. The molecule has 1 aromatic carbocycles. The molecule has 10 heteroatoms. The zero-order chi connectivity index (χ0) is 27.3. The van der Waals surface area contributed by atoms with E-state index < -0.39 is 18.1 Å². The lowest BCUT2D eigenvalue weighted by molar-refractivity contribution is -0.144. The van der Waals surface area contributed by atoms with Crippen LogP contribution in [0.5, 0.6) is 0 Å². The standard InChI is InChI=1S/C26H38N2O6S2/c1-16(2)15-20-7-9-21(10-8-20)17(3)25(32)35-14-12-23(28-19(5)30)26(33)36-13-11-22(24(31)34-6)27-18(4)29/h7-10,16-17,22-23H,11-15H2,1-6H3,(H,27,29)(H,28,30). The number of esters is 1. The van der Waals surface area contributed by atoms with E-state index in [2.05, 4.69) is 41.4 Å². The highest BCUT2D eigenvalue weighted by molar-refractivity contribution is 8.14. The third kappa shape index (κ3) is 12.1. The summed E-state index contributed by atoms with van der Waals surface area (Å²) in [5, 5.41) is 4.88. The van der Waals surface area contributed by atoms with Crippen molar-refractivity contribution in [2.45, 2.75) is 71.9 Å². The van der Waals surface area contributed by atoms with Crippen molar-refractivity contribution in [3.05, 3.63) is 35.4 Å². The molecule has 2 N–H and O–H groups in total. The van der Waals surface area contributed by atoms with E-state index in [1.54, 1.807) is 0 Å². The van der Waals surface area contributed by atoms with E-state index in [0.717, 1.165) is 35.5 Å². The number of carbonyl (C=O) groups is 5. The fourth-order valence-corrected chi connectivity index (χ4v) is 5.33. The Morgan fingerprint density at radius 2 is 1.31 bits per heavy atom. The average molecular weight is 539 g/mol. The predicted octanol–water partition coefficient (Wildman–Crippen LogP) is 3.47. The predicted molar refractivity (Wildman–Crippen MR) is 145 cm³/mol. The molecule has 8 nitrogen and oxygen atoms in total. The second-order valence-corrected chi connectivity index (χ2v) is 11.2. The number of thioether (sulfide) groups is 2. The first kappa shape index (κ1) is 31.7. The van der Waals surface area contributed by atoms with Gasteiger partial charge in [-0.25, -0.2) is 4.79 Å². The number of rotatable bonds is 14. The van der Waals surface area contributed by atoms with Gasteiger partial charge in [-0.2, -0.15) is 0 Å². The summed E-state index contributed by atoms with van der Waals surface area (Å²) in [5.74, 6) is -0.389. The molecule has 0 saturated heterocycles. The first-order chi connectivity index (χ1) is 16.9. The van der Waals surface area contributed by atoms with Crippen molar-refractivity contribution < 1.29 is 28.7 Å². The maximum Gasteiger partial charge on any atom is 0.328 e. The smallest absolute Gasteiger partial charge is 0.328 e. The molecule has 3 unspecified atom stereocenters. The van der Waals surface area contributed by atoms with E-state index in [1.165, 1.54) is 26.5 Å². The Bertz CT molecular complexity index is 904. The summed E-state index contributed by atoms with van der Waals surface area (Å²) in [4.78, 5) is 60.1. The van der Waals surface area contributed by atoms with E-state index in [9.17, 15) is 24.0 Å². The minimum Gasteiger partial charge on any atom is -0.467 e. The van der Waals surface area contributed by atoms with Gasteiger partial charge in [0, 0.05) is 25.4 Å². The molecule has 0 aromatic heterocycles. The lowest BCUT2D eigenvalue weighted by atomic mass is 9.97. The van der Waals surface area contributed by atoms with Gasteiger partial charge in [0.25, 0.3) is 0 Å². The highest BCUT2D eigenvalue weighted by Crippen LogP contribution is 2.24. The lowest BCUT2D eigenvalue weighted by Gasteiger charge is -2.18. The van der Waals surface area contributed by atoms with Crippen molar-refractivity contribution in [3.8, 4) is 0 Å². The van der Waals surface area contributed by atoms with Crippen LogP contribution in [-0.2, 0) is 35.1 Å². The van der Waals surface area contributed by atoms with Crippen LogP contribution in [0.4, 0.5) is 0 Å². The van der Waals surface area contributed by atoms with Crippen LogP contribution in [0, 0.1) is 5.92 Å². The van der Waals surface area contributed by atoms with Crippen LogP contribution in [-0.4, -0.2) is 58.7 Å². The summed E-state index contributed by atoms with van der Waals surface area (Å²) in [6, 6.07) is 6.50. The van der Waals surface area contributed by atoms with Crippen LogP contribution >= 0.6 is 23.5 Å². The first-order valence-corrected chi connectivity index (χ1v) is 14.0. The molecule has 36 heavy (non-hydrogen) atoms. The molecule has 0 fully saturated rings. The molecule has 1 rings (SSSR count). The molecule has 2 amide bonds. The van der Waals surface area contributed by atoms with Crippen molar-refractivity contribution in [1.29, 1.82) is 0 Å². The van der Waals surface area contributed by atoms with Gasteiger partial charge < -0.3 is 15.4 Å². The fraction of sp³-hybridized carbons (Fsp3) is 0.577. The zero-order valence-corrected chi connectivity index (χ0v) is 23.6. The van der Waals surface area contributed by atoms with Crippen molar-refractivity contribution in [2.24, 2.45) is 5.92 Å². The van der Waals surface area contributed by atoms with Gasteiger partial charge in [-0.3, -0.25) is 19.2 Å². The van der Waals surface area contributed by atoms with Crippen LogP contribution in [0.1, 0.15) is 64.5 Å². The number of hydrogen-bond acceptors (Lipinski definition) is 8. The second-order valence-electron chi connectivity index (χ2n) is 9.00. The largest absolute Gasteiger partial charge is 0.467 e. The van der Waals surface area contributed by atoms with Crippen LogP contribution in [0.2, 0.25) is 0 Å². The molecule has 0 heterocycles. The summed E-state index contributed by atoms with van der Waals surface area (Å²) in [7, 11) is 1.23. The van der Waals surface area contributed by atoms with Crippen molar-refractivity contribution in [2.75, 3.05) is 18.6 Å². The monoisotopic (exact) mass is 538 g/mol. The van der Waals surface area contributed by atoms with Crippen LogP contribution < -0.4 is 10.6 Å². The summed E-state index contributed by atoms with van der Waals surface area (Å²) >= 11 is 2.12. The first-order valence-electron chi connectivity index (χ1n) is 12.0. The van der Waals surface area contributed by atoms with Gasteiger partial charge in [0.15, 0.2) is 5.12 Å². The molecule has 0 bridgehead atoms. The maximum atomic E-state index is 12.7. The van der Waals surface area contributed by atoms with Crippen LogP contribution in [0.25, 0.3) is 0 Å². The number of nitrogens with one attached hydrogen (secondary N) is 2. The molecule has 1 aromatic rings. The fourth-order valence-electron chi connectivity index (χ4n) is 3.46. The third-order valence-electron chi connectivity index (χ3n) is 5.30. The van der Waals surface area contributed by atoms with Crippen molar-refractivity contribution >= 4 is 51.5 Å². The van der Waals surface area contributed by atoms with Crippen molar-refractivity contribution in [3.63, 3.8) is 0 Å². The second kappa shape index (κ2) is 16.4. The minimum atomic E-state index is -0.846. The lowest BCUT2D eigenvalue weighted by Crippen LogP contribution is -2.41. The normalized spacial score (nSPS) is 13.4. The molecule has 0 aliphatic rings. The number of amides is 2. The highest BCUT2D eigenvalue weighted by Gasteiger charge is 2.24. The molecule has 0 saturated carbocycles. The molecule has 0 aliphatic heterocycles. The van der Waals surface area contributed by atoms with E-state index in [-0.39, 0.29) is 40.1 Å². The van der Waals surface area contributed by atoms with E-state index in [4.69, 9.17) is 0 Å². The Morgan fingerprint density at radius 3 is 1.81 bits per heavy atom. The Morgan fingerprint density at radius 1 is 0.806 bits per heavy atom. The van der Waals surface area contributed by atoms with Gasteiger partial charge in [-0.1, -0.05) is 68.6 Å². The Labute approximate surface area is 222 Å². The number of benzene rings is 1. The van der Waals surface area contributed by atoms with E-state index >= 15 is 0 Å². The Balaban J connectivity index is 2.61. The molecule has 0 aliphatic carbocycles. The van der Waals surface area contributed by atoms with Gasteiger partial charge >= 0.3 is 5.97 Å². The molecule has 3 atom stereocenters. The molecule has 0 radical (unpaired) electrons. The van der Waals surface area contributed by atoms with Gasteiger partial charge in [-0.05, 0) is 36.3 Å². The quantitative estimate of drug-likeness (QED) is 0.346. The van der Waals surface area contributed by atoms with Gasteiger partial charge in [0.1, 0.15) is 6.04 Å². The van der Waals surface area contributed by atoms with Crippen LogP contribution in [0.3, 0.4) is 0 Å². The minimum absolute atomic E-state index is 0.00418. The van der Waals surface area contributed by atoms with E-state index in [0.29, 0.717) is 18.1 Å². The number of ether oxygens (including phenoxy) is 1. The Kier molecular flexibility index (Phi) is 14.5. The number of hydrogen-bond donors (Lipinski definition) is 2. The zero-order valence-electron chi connectivity index (χ0n) is 21.9. The van der Waals surface area contributed by atoms with Gasteiger partial charge in [0.2, 0.25) is 16.9 Å². The number of carbonyl (C=O) groups excluding carboxylic acids is 5. The maximum absolute atomic E-state index is 12.7. The molecule has 0 spiro atoms. The van der Waals surface area contributed by atoms with Gasteiger partial charge in [0.05, 0.1) is 19.1 Å². The molecular formula is C26H38N2O6S2. The van der Waals surface area contributed by atoms with E-state index in [1.807, 2.05) is 19.1 Å².